The molecule has 1 unspecified atom stereocenters. The van der Waals surface area contributed by atoms with Gasteiger partial charge in [0, 0.05) is 24.2 Å². The monoisotopic (exact) mass is 297 g/mol. The number of benzene rings is 1. The largest absolute Gasteiger partial charge is 0.329 e. The van der Waals surface area contributed by atoms with E-state index in [0.29, 0.717) is 6.54 Å². The lowest BCUT2D eigenvalue weighted by atomic mass is 9.99. The Hall–Kier alpha value is -0.610. The predicted octanol–water partition coefficient (Wildman–Crippen LogP) is 2.92. The maximum absolute atomic E-state index is 6.05. The van der Waals surface area contributed by atoms with E-state index >= 15 is 0 Å². The molecule has 0 spiro atoms. The van der Waals surface area contributed by atoms with Crippen LogP contribution in [0, 0.1) is 6.92 Å². The van der Waals surface area contributed by atoms with E-state index in [0.717, 1.165) is 31.1 Å². The third kappa shape index (κ3) is 5.06. The standard InChI is InChI=1S/C16H28ClN3/c1-5-20(10-6-9-19(3)4)16(12-18)15-8-7-14(17)11-13(15)2/h7-8,11,16H,5-6,9-10,12,18H2,1-4H3. The third-order valence-electron chi connectivity index (χ3n) is 3.71. The molecule has 20 heavy (non-hydrogen) atoms. The molecule has 2 N–H and O–H groups in total. The molecule has 0 amide bonds. The fourth-order valence-electron chi connectivity index (χ4n) is 2.61. The van der Waals surface area contributed by atoms with Gasteiger partial charge >= 0.3 is 0 Å². The van der Waals surface area contributed by atoms with E-state index in [9.17, 15) is 0 Å². The van der Waals surface area contributed by atoms with Crippen molar-refractivity contribution in [1.82, 2.24) is 9.80 Å². The Morgan fingerprint density at radius 2 is 1.95 bits per heavy atom. The maximum Gasteiger partial charge on any atom is 0.0472 e. The molecule has 0 bridgehead atoms. The van der Waals surface area contributed by atoms with Crippen molar-refractivity contribution in [3.05, 3.63) is 34.3 Å². The van der Waals surface area contributed by atoms with Gasteiger partial charge in [0.2, 0.25) is 0 Å². The Morgan fingerprint density at radius 3 is 2.45 bits per heavy atom. The molecule has 0 saturated heterocycles. The van der Waals surface area contributed by atoms with Crippen LogP contribution in [0.1, 0.15) is 30.5 Å². The summed E-state index contributed by atoms with van der Waals surface area (Å²) in [5.41, 5.74) is 8.55. The van der Waals surface area contributed by atoms with Crippen molar-refractivity contribution in [2.45, 2.75) is 26.3 Å². The van der Waals surface area contributed by atoms with Gasteiger partial charge in [-0.05, 0) is 63.8 Å². The van der Waals surface area contributed by atoms with Crippen LogP contribution in [-0.2, 0) is 0 Å². The summed E-state index contributed by atoms with van der Waals surface area (Å²) in [5.74, 6) is 0. The van der Waals surface area contributed by atoms with Gasteiger partial charge in [0.15, 0.2) is 0 Å². The Bertz CT molecular complexity index is 407. The van der Waals surface area contributed by atoms with E-state index in [1.807, 2.05) is 12.1 Å². The molecule has 1 aromatic carbocycles. The maximum atomic E-state index is 6.05. The van der Waals surface area contributed by atoms with E-state index < -0.39 is 0 Å². The van der Waals surface area contributed by atoms with Crippen LogP contribution in [0.3, 0.4) is 0 Å². The second kappa shape index (κ2) is 8.63. The number of aryl methyl sites for hydroxylation is 1. The summed E-state index contributed by atoms with van der Waals surface area (Å²) < 4.78 is 0. The molecule has 0 fully saturated rings. The number of likely N-dealkylation sites (N-methyl/N-ethyl adjacent to an activating group) is 1. The zero-order valence-corrected chi connectivity index (χ0v) is 14.0. The molecule has 1 aromatic rings. The first-order valence-corrected chi connectivity index (χ1v) is 7.72. The normalized spacial score (nSPS) is 13.2. The van der Waals surface area contributed by atoms with Crippen LogP contribution in [0.2, 0.25) is 5.02 Å². The molecule has 1 rings (SSSR count). The van der Waals surface area contributed by atoms with Crippen molar-refractivity contribution in [1.29, 1.82) is 0 Å². The number of hydrogen-bond acceptors (Lipinski definition) is 3. The van der Waals surface area contributed by atoms with Crippen LogP contribution in [0.15, 0.2) is 18.2 Å². The smallest absolute Gasteiger partial charge is 0.0472 e. The lowest BCUT2D eigenvalue weighted by Crippen LogP contribution is -2.35. The molecule has 114 valence electrons. The van der Waals surface area contributed by atoms with E-state index in [2.05, 4.69) is 43.8 Å². The molecular formula is C16H28ClN3. The summed E-state index contributed by atoms with van der Waals surface area (Å²) >= 11 is 6.05. The minimum Gasteiger partial charge on any atom is -0.329 e. The number of nitrogens with zero attached hydrogens (tertiary/aromatic N) is 2. The number of nitrogens with two attached hydrogens (primary N) is 1. The topological polar surface area (TPSA) is 32.5 Å². The molecule has 0 saturated carbocycles. The summed E-state index contributed by atoms with van der Waals surface area (Å²) in [6.07, 6.45) is 1.16. The molecule has 0 radical (unpaired) electrons. The molecule has 3 nitrogen and oxygen atoms in total. The van der Waals surface area contributed by atoms with E-state index in [1.54, 1.807) is 0 Å². The Kier molecular flexibility index (Phi) is 7.52. The van der Waals surface area contributed by atoms with E-state index in [1.165, 1.54) is 11.1 Å². The van der Waals surface area contributed by atoms with Crippen LogP contribution in [-0.4, -0.2) is 50.1 Å². The first-order valence-electron chi connectivity index (χ1n) is 7.34. The van der Waals surface area contributed by atoms with Crippen LogP contribution in [0.4, 0.5) is 0 Å². The Labute approximate surface area is 128 Å². The van der Waals surface area contributed by atoms with Gasteiger partial charge in [0.05, 0.1) is 0 Å². The van der Waals surface area contributed by atoms with Crippen molar-refractivity contribution in [3.8, 4) is 0 Å². The fraction of sp³-hybridized carbons (Fsp3) is 0.625. The lowest BCUT2D eigenvalue weighted by Gasteiger charge is -2.31. The molecule has 0 aromatic heterocycles. The predicted molar refractivity (Wildman–Crippen MR) is 88.4 cm³/mol. The Morgan fingerprint density at radius 1 is 1.25 bits per heavy atom. The first kappa shape index (κ1) is 17.4. The van der Waals surface area contributed by atoms with Crippen molar-refractivity contribution >= 4 is 11.6 Å². The van der Waals surface area contributed by atoms with Crippen LogP contribution in [0.5, 0.6) is 0 Å². The molecule has 0 heterocycles. The third-order valence-corrected chi connectivity index (χ3v) is 3.95. The second-order valence-corrected chi connectivity index (χ2v) is 5.97. The van der Waals surface area contributed by atoms with Gasteiger partial charge in [0.1, 0.15) is 0 Å². The SMILES string of the molecule is CCN(CCCN(C)C)C(CN)c1ccc(Cl)cc1C. The summed E-state index contributed by atoms with van der Waals surface area (Å²) in [7, 11) is 4.22. The summed E-state index contributed by atoms with van der Waals surface area (Å²) in [6.45, 7) is 8.13. The van der Waals surface area contributed by atoms with Gasteiger partial charge in [0.25, 0.3) is 0 Å². The van der Waals surface area contributed by atoms with Crippen molar-refractivity contribution in [2.24, 2.45) is 5.73 Å². The van der Waals surface area contributed by atoms with Gasteiger partial charge in [-0.1, -0.05) is 24.6 Å². The van der Waals surface area contributed by atoms with Gasteiger partial charge in [-0.3, -0.25) is 4.90 Å². The highest BCUT2D eigenvalue weighted by molar-refractivity contribution is 6.30. The quantitative estimate of drug-likeness (QED) is 0.801. The van der Waals surface area contributed by atoms with Gasteiger partial charge in [-0.25, -0.2) is 0 Å². The van der Waals surface area contributed by atoms with Crippen molar-refractivity contribution < 1.29 is 0 Å². The van der Waals surface area contributed by atoms with Crippen LogP contribution >= 0.6 is 11.6 Å². The van der Waals surface area contributed by atoms with E-state index in [4.69, 9.17) is 17.3 Å². The van der Waals surface area contributed by atoms with Gasteiger partial charge in [-0.2, -0.15) is 0 Å². The molecular weight excluding hydrogens is 270 g/mol. The summed E-state index contributed by atoms with van der Waals surface area (Å²) in [4.78, 5) is 4.68. The summed E-state index contributed by atoms with van der Waals surface area (Å²) in [6, 6.07) is 6.37. The average Bonchev–Trinajstić information content (AvgIpc) is 2.39. The number of halogens is 1. The average molecular weight is 298 g/mol. The minimum atomic E-state index is 0.277. The number of rotatable bonds is 8. The highest BCUT2D eigenvalue weighted by atomic mass is 35.5. The van der Waals surface area contributed by atoms with Crippen molar-refractivity contribution in [3.63, 3.8) is 0 Å². The molecule has 0 aliphatic rings. The van der Waals surface area contributed by atoms with E-state index in [-0.39, 0.29) is 6.04 Å². The minimum absolute atomic E-state index is 0.277. The highest BCUT2D eigenvalue weighted by Crippen LogP contribution is 2.25. The zero-order valence-electron chi connectivity index (χ0n) is 13.2. The number of hydrogen-bond donors (Lipinski definition) is 1. The summed E-state index contributed by atoms with van der Waals surface area (Å²) in [5, 5.41) is 0.790. The van der Waals surface area contributed by atoms with Crippen molar-refractivity contribution in [2.75, 3.05) is 40.3 Å². The van der Waals surface area contributed by atoms with Gasteiger partial charge in [-0.15, -0.1) is 0 Å². The Balaban J connectivity index is 2.80. The van der Waals surface area contributed by atoms with Gasteiger partial charge < -0.3 is 10.6 Å². The highest BCUT2D eigenvalue weighted by Gasteiger charge is 2.19. The second-order valence-electron chi connectivity index (χ2n) is 5.54. The lowest BCUT2D eigenvalue weighted by molar-refractivity contribution is 0.201. The molecule has 1 atom stereocenters. The van der Waals surface area contributed by atoms with Crippen LogP contribution < -0.4 is 5.73 Å². The molecule has 4 heteroatoms. The first-order chi connectivity index (χ1) is 9.49. The fourth-order valence-corrected chi connectivity index (χ4v) is 2.84. The molecule has 0 aliphatic carbocycles. The molecule has 0 aliphatic heterocycles. The zero-order chi connectivity index (χ0) is 15.1. The van der Waals surface area contributed by atoms with Crippen LogP contribution in [0.25, 0.3) is 0 Å².